The van der Waals surface area contributed by atoms with E-state index < -0.39 is 6.10 Å². The Morgan fingerprint density at radius 2 is 2.15 bits per heavy atom. The lowest BCUT2D eigenvalue weighted by Gasteiger charge is -2.07. The van der Waals surface area contributed by atoms with E-state index in [1.54, 1.807) is 12.1 Å². The van der Waals surface area contributed by atoms with Crippen molar-refractivity contribution in [1.29, 1.82) is 0 Å². The number of benzene rings is 1. The summed E-state index contributed by atoms with van der Waals surface area (Å²) < 4.78 is 10.8. The van der Waals surface area contributed by atoms with E-state index in [1.165, 1.54) is 6.92 Å². The number of fused-ring (bicyclic) bond motifs is 1. The summed E-state index contributed by atoms with van der Waals surface area (Å²) in [6, 6.07) is 5.30. The van der Waals surface area contributed by atoms with Gasteiger partial charge in [0.05, 0.1) is 0 Å². The van der Waals surface area contributed by atoms with Crippen LogP contribution in [0.5, 0.6) is 11.5 Å². The molecule has 108 valence electrons. The number of ether oxygens (including phenoxy) is 2. The van der Waals surface area contributed by atoms with Gasteiger partial charge in [-0.2, -0.15) is 0 Å². The first-order valence-corrected chi connectivity index (χ1v) is 7.11. The number of carbonyl (C=O) groups excluding carboxylic acids is 2. The van der Waals surface area contributed by atoms with Gasteiger partial charge in [0.1, 0.15) is 11.5 Å². The van der Waals surface area contributed by atoms with Gasteiger partial charge in [-0.3, -0.25) is 9.59 Å². The minimum absolute atomic E-state index is 0.0133. The second-order valence-corrected chi connectivity index (χ2v) is 5.12. The van der Waals surface area contributed by atoms with E-state index in [0.29, 0.717) is 24.3 Å². The maximum absolute atomic E-state index is 11.6. The maximum Gasteiger partial charge on any atom is 0.311 e. The minimum Gasteiger partial charge on any atom is -0.482 e. The Hall–Kier alpha value is -1.84. The summed E-state index contributed by atoms with van der Waals surface area (Å²) in [5.74, 6) is 0.914. The normalized spacial score (nSPS) is 16.4. The molecule has 1 aromatic rings. The molecular formula is C16H20O4. The third kappa shape index (κ3) is 3.59. The molecule has 4 heteroatoms. The zero-order valence-corrected chi connectivity index (χ0v) is 12.0. The lowest BCUT2D eigenvalue weighted by Crippen LogP contribution is -2.21. The smallest absolute Gasteiger partial charge is 0.311 e. The monoisotopic (exact) mass is 276 g/mol. The van der Waals surface area contributed by atoms with Crippen LogP contribution in [0, 0.1) is 0 Å². The largest absolute Gasteiger partial charge is 0.482 e. The van der Waals surface area contributed by atoms with Crippen molar-refractivity contribution in [2.24, 2.45) is 0 Å². The van der Waals surface area contributed by atoms with Crippen LogP contribution in [-0.4, -0.2) is 17.9 Å². The topological polar surface area (TPSA) is 52.6 Å². The number of Topliss-reactive ketones (excluding diaryl/α,β-unsaturated/α-hetero) is 1. The fourth-order valence-electron chi connectivity index (χ4n) is 2.20. The van der Waals surface area contributed by atoms with Crippen molar-refractivity contribution in [1.82, 2.24) is 0 Å². The van der Waals surface area contributed by atoms with Gasteiger partial charge < -0.3 is 9.47 Å². The Balaban J connectivity index is 1.94. The maximum atomic E-state index is 11.6. The SMILES string of the molecule is CCCCCC(=O)Oc1ccc2c(c1)OC(C(C)=O)C2. The van der Waals surface area contributed by atoms with Crippen molar-refractivity contribution in [2.45, 2.75) is 52.1 Å². The number of hydrogen-bond donors (Lipinski definition) is 0. The molecule has 0 aliphatic carbocycles. The number of hydrogen-bond acceptors (Lipinski definition) is 4. The van der Waals surface area contributed by atoms with Crippen molar-refractivity contribution < 1.29 is 19.1 Å². The Morgan fingerprint density at radius 3 is 2.85 bits per heavy atom. The first-order valence-electron chi connectivity index (χ1n) is 7.11. The molecule has 0 bridgehead atoms. The van der Waals surface area contributed by atoms with Crippen LogP contribution < -0.4 is 9.47 Å². The van der Waals surface area contributed by atoms with Crippen LogP contribution in [0.3, 0.4) is 0 Å². The van der Waals surface area contributed by atoms with Gasteiger partial charge >= 0.3 is 5.97 Å². The molecule has 0 radical (unpaired) electrons. The number of ketones is 1. The summed E-state index contributed by atoms with van der Waals surface area (Å²) in [5, 5.41) is 0. The highest BCUT2D eigenvalue weighted by atomic mass is 16.5. The summed E-state index contributed by atoms with van der Waals surface area (Å²) in [6.45, 7) is 3.61. The molecule has 0 fully saturated rings. The van der Waals surface area contributed by atoms with Crippen LogP contribution in [-0.2, 0) is 16.0 Å². The fraction of sp³-hybridized carbons (Fsp3) is 0.500. The molecule has 1 unspecified atom stereocenters. The molecule has 1 aromatic carbocycles. The van der Waals surface area contributed by atoms with Crippen molar-refractivity contribution in [3.63, 3.8) is 0 Å². The van der Waals surface area contributed by atoms with Crippen molar-refractivity contribution in [2.75, 3.05) is 0 Å². The van der Waals surface area contributed by atoms with E-state index in [2.05, 4.69) is 6.92 Å². The molecule has 0 N–H and O–H groups in total. The third-order valence-electron chi connectivity index (χ3n) is 3.38. The van der Waals surface area contributed by atoms with E-state index in [9.17, 15) is 9.59 Å². The predicted octanol–water partition coefficient (Wildman–Crippen LogP) is 3.06. The summed E-state index contributed by atoms with van der Waals surface area (Å²) in [4.78, 5) is 23.0. The van der Waals surface area contributed by atoms with Crippen molar-refractivity contribution in [3.05, 3.63) is 23.8 Å². The molecule has 1 aliphatic rings. The number of esters is 1. The Morgan fingerprint density at radius 1 is 1.35 bits per heavy atom. The number of unbranched alkanes of at least 4 members (excludes halogenated alkanes) is 2. The Bertz CT molecular complexity index is 507. The molecule has 1 atom stereocenters. The van der Waals surface area contributed by atoms with Gasteiger partial charge in [0.2, 0.25) is 0 Å². The van der Waals surface area contributed by atoms with Crippen LogP contribution in [0.25, 0.3) is 0 Å². The summed E-state index contributed by atoms with van der Waals surface area (Å²) in [5.41, 5.74) is 0.982. The fourth-order valence-corrected chi connectivity index (χ4v) is 2.20. The van der Waals surface area contributed by atoms with Crippen LogP contribution in [0.4, 0.5) is 0 Å². The minimum atomic E-state index is -0.402. The second kappa shape index (κ2) is 6.55. The van der Waals surface area contributed by atoms with E-state index in [-0.39, 0.29) is 11.8 Å². The molecule has 0 aromatic heterocycles. The Labute approximate surface area is 119 Å². The first kappa shape index (κ1) is 14.6. The summed E-state index contributed by atoms with van der Waals surface area (Å²) >= 11 is 0. The number of rotatable bonds is 6. The lowest BCUT2D eigenvalue weighted by atomic mass is 10.1. The van der Waals surface area contributed by atoms with Crippen LogP contribution >= 0.6 is 0 Å². The van der Waals surface area contributed by atoms with Crippen LogP contribution in [0.15, 0.2) is 18.2 Å². The number of carbonyl (C=O) groups is 2. The zero-order chi connectivity index (χ0) is 14.5. The molecule has 0 amide bonds. The average molecular weight is 276 g/mol. The van der Waals surface area contributed by atoms with Gasteiger partial charge in [0.15, 0.2) is 11.9 Å². The lowest BCUT2D eigenvalue weighted by molar-refractivity contribution is -0.134. The van der Waals surface area contributed by atoms with E-state index >= 15 is 0 Å². The second-order valence-electron chi connectivity index (χ2n) is 5.12. The standard InChI is InChI=1S/C16H20O4/c1-3-4-5-6-16(18)19-13-8-7-12-9-14(11(2)17)20-15(12)10-13/h7-8,10,14H,3-6,9H2,1-2H3. The van der Waals surface area contributed by atoms with Gasteiger partial charge in [-0.25, -0.2) is 0 Å². The molecule has 0 saturated heterocycles. The molecule has 1 heterocycles. The highest BCUT2D eigenvalue weighted by molar-refractivity contribution is 5.82. The molecule has 0 spiro atoms. The van der Waals surface area contributed by atoms with Gasteiger partial charge in [0, 0.05) is 18.9 Å². The first-order chi connectivity index (χ1) is 9.60. The van der Waals surface area contributed by atoms with Gasteiger partial charge in [-0.15, -0.1) is 0 Å². The van der Waals surface area contributed by atoms with Crippen LogP contribution in [0.2, 0.25) is 0 Å². The van der Waals surface area contributed by atoms with E-state index in [1.807, 2.05) is 6.07 Å². The van der Waals surface area contributed by atoms with Gasteiger partial charge in [-0.1, -0.05) is 25.8 Å². The average Bonchev–Trinajstić information content (AvgIpc) is 2.82. The van der Waals surface area contributed by atoms with Crippen molar-refractivity contribution in [3.8, 4) is 11.5 Å². The molecular weight excluding hydrogens is 256 g/mol. The highest BCUT2D eigenvalue weighted by Crippen LogP contribution is 2.32. The third-order valence-corrected chi connectivity index (χ3v) is 3.38. The van der Waals surface area contributed by atoms with Gasteiger partial charge in [-0.05, 0) is 25.0 Å². The zero-order valence-electron chi connectivity index (χ0n) is 12.0. The summed E-state index contributed by atoms with van der Waals surface area (Å²) in [6.07, 6.45) is 3.58. The van der Waals surface area contributed by atoms with Crippen LogP contribution in [0.1, 0.15) is 45.1 Å². The van der Waals surface area contributed by atoms with E-state index in [4.69, 9.17) is 9.47 Å². The highest BCUT2D eigenvalue weighted by Gasteiger charge is 2.26. The van der Waals surface area contributed by atoms with Gasteiger partial charge in [0.25, 0.3) is 0 Å². The predicted molar refractivity (Wildman–Crippen MR) is 75.0 cm³/mol. The van der Waals surface area contributed by atoms with Crippen molar-refractivity contribution >= 4 is 11.8 Å². The summed E-state index contributed by atoms with van der Waals surface area (Å²) in [7, 11) is 0. The molecule has 1 aliphatic heterocycles. The quantitative estimate of drug-likeness (QED) is 0.455. The molecule has 0 saturated carbocycles. The Kier molecular flexibility index (Phi) is 4.77. The molecule has 4 nitrogen and oxygen atoms in total. The van der Waals surface area contributed by atoms with E-state index in [0.717, 1.165) is 24.8 Å². The molecule has 2 rings (SSSR count). The molecule has 20 heavy (non-hydrogen) atoms.